The summed E-state index contributed by atoms with van der Waals surface area (Å²) >= 11 is 1.54. The summed E-state index contributed by atoms with van der Waals surface area (Å²) in [6.45, 7) is 1.18. The number of rotatable bonds is 2. The quantitative estimate of drug-likeness (QED) is 0.530. The van der Waals surface area contributed by atoms with Gasteiger partial charge in [-0.2, -0.15) is 11.8 Å². The van der Waals surface area contributed by atoms with Gasteiger partial charge in [-0.05, 0) is 6.42 Å². The van der Waals surface area contributed by atoms with Crippen molar-refractivity contribution >= 4 is 17.7 Å². The van der Waals surface area contributed by atoms with Crippen molar-refractivity contribution in [2.75, 3.05) is 24.6 Å². The lowest BCUT2D eigenvalue weighted by molar-refractivity contribution is -0.248. The topological polar surface area (TPSA) is 72.8 Å². The van der Waals surface area contributed by atoms with Crippen molar-refractivity contribution in [2.24, 2.45) is 0 Å². The molecule has 2 fully saturated rings. The fraction of sp³-hybridized carbons (Fsp3) is 0.889. The Balaban J connectivity index is 1.89. The minimum Gasteiger partial charge on any atom is -0.353 e. The van der Waals surface area contributed by atoms with E-state index in [1.165, 1.54) is 11.8 Å². The molecule has 0 radical (unpaired) electrons. The van der Waals surface area contributed by atoms with Crippen LogP contribution >= 0.6 is 11.8 Å². The van der Waals surface area contributed by atoms with Gasteiger partial charge >= 0.3 is 0 Å². The van der Waals surface area contributed by atoms with Gasteiger partial charge in [-0.15, -0.1) is 0 Å². The molecule has 1 amide bonds. The first kappa shape index (κ1) is 11.2. The standard InChI is InChI=1S/C9H16N2O3S/c12-8-2-1-7(10-8)5-11-3-4-15-6-9(11,13)14/h7,13-14H,1-6H2,(H,10,12)/t7-/m0/s1. The number of aliphatic hydroxyl groups is 2. The maximum Gasteiger partial charge on any atom is 0.234 e. The normalized spacial score (nSPS) is 31.6. The van der Waals surface area contributed by atoms with E-state index >= 15 is 0 Å². The first-order valence-corrected chi connectivity index (χ1v) is 6.30. The number of nitrogens with zero attached hydrogens (tertiary/aromatic N) is 1. The van der Waals surface area contributed by atoms with Gasteiger partial charge < -0.3 is 15.5 Å². The first-order chi connectivity index (χ1) is 7.08. The Labute approximate surface area is 92.8 Å². The van der Waals surface area contributed by atoms with Gasteiger partial charge in [-0.1, -0.05) is 0 Å². The predicted molar refractivity (Wildman–Crippen MR) is 57.2 cm³/mol. The molecule has 0 aromatic heterocycles. The van der Waals surface area contributed by atoms with E-state index in [1.807, 2.05) is 0 Å². The van der Waals surface area contributed by atoms with Crippen molar-refractivity contribution in [2.45, 2.75) is 24.8 Å². The summed E-state index contributed by atoms with van der Waals surface area (Å²) in [4.78, 5) is 12.6. The third-order valence-corrected chi connectivity index (χ3v) is 3.90. The highest BCUT2D eigenvalue weighted by atomic mass is 32.2. The largest absolute Gasteiger partial charge is 0.353 e. The lowest BCUT2D eigenvalue weighted by Gasteiger charge is -2.39. The number of nitrogens with one attached hydrogen (secondary N) is 1. The van der Waals surface area contributed by atoms with Crippen LogP contribution < -0.4 is 5.32 Å². The highest BCUT2D eigenvalue weighted by molar-refractivity contribution is 7.99. The van der Waals surface area contributed by atoms with Crippen LogP contribution in [0, 0.1) is 0 Å². The number of hydrogen-bond donors (Lipinski definition) is 3. The molecule has 0 bridgehead atoms. The van der Waals surface area contributed by atoms with Gasteiger partial charge in [0, 0.05) is 31.3 Å². The van der Waals surface area contributed by atoms with Gasteiger partial charge in [-0.25, -0.2) is 4.90 Å². The molecular formula is C9H16N2O3S. The van der Waals surface area contributed by atoms with Crippen LogP contribution in [0.2, 0.25) is 0 Å². The summed E-state index contributed by atoms with van der Waals surface area (Å²) < 4.78 is 0. The molecule has 2 aliphatic heterocycles. The Morgan fingerprint density at radius 3 is 3.00 bits per heavy atom. The third kappa shape index (κ3) is 2.63. The Bertz CT molecular complexity index is 260. The average molecular weight is 232 g/mol. The van der Waals surface area contributed by atoms with E-state index < -0.39 is 5.91 Å². The number of carbonyl (C=O) groups is 1. The summed E-state index contributed by atoms with van der Waals surface area (Å²) in [5, 5.41) is 22.2. The molecular weight excluding hydrogens is 216 g/mol. The molecule has 86 valence electrons. The summed E-state index contributed by atoms with van der Waals surface area (Å²) in [5.41, 5.74) is 0. The van der Waals surface area contributed by atoms with Gasteiger partial charge in [0.05, 0.1) is 5.75 Å². The molecule has 3 N–H and O–H groups in total. The second-order valence-electron chi connectivity index (χ2n) is 4.08. The summed E-state index contributed by atoms with van der Waals surface area (Å²) in [6.07, 6.45) is 1.34. The predicted octanol–water partition coefficient (Wildman–Crippen LogP) is -1.05. The number of hydrogen-bond acceptors (Lipinski definition) is 5. The van der Waals surface area contributed by atoms with E-state index in [1.54, 1.807) is 4.90 Å². The molecule has 2 saturated heterocycles. The second-order valence-corrected chi connectivity index (χ2v) is 5.18. The highest BCUT2D eigenvalue weighted by Gasteiger charge is 2.37. The number of carbonyl (C=O) groups excluding carboxylic acids is 1. The van der Waals surface area contributed by atoms with Gasteiger partial charge in [0.25, 0.3) is 0 Å². The molecule has 1 atom stereocenters. The van der Waals surface area contributed by atoms with Crippen LogP contribution in [-0.2, 0) is 4.79 Å². The fourth-order valence-corrected chi connectivity index (χ4v) is 2.92. The van der Waals surface area contributed by atoms with Crippen molar-refractivity contribution in [1.82, 2.24) is 10.2 Å². The molecule has 0 aromatic rings. The van der Waals surface area contributed by atoms with Crippen molar-refractivity contribution in [3.63, 3.8) is 0 Å². The second kappa shape index (κ2) is 4.29. The third-order valence-electron chi connectivity index (χ3n) is 2.83. The van der Waals surface area contributed by atoms with E-state index in [9.17, 15) is 15.0 Å². The van der Waals surface area contributed by atoms with Crippen LogP contribution in [0.3, 0.4) is 0 Å². The van der Waals surface area contributed by atoms with Gasteiger partial charge in [-0.3, -0.25) is 4.79 Å². The van der Waals surface area contributed by atoms with E-state index in [0.717, 1.165) is 12.2 Å². The molecule has 2 rings (SSSR count). The Morgan fingerprint density at radius 2 is 2.40 bits per heavy atom. The first-order valence-electron chi connectivity index (χ1n) is 5.15. The highest BCUT2D eigenvalue weighted by Crippen LogP contribution is 2.23. The van der Waals surface area contributed by atoms with Crippen LogP contribution in [0.25, 0.3) is 0 Å². The van der Waals surface area contributed by atoms with E-state index in [2.05, 4.69) is 5.32 Å². The monoisotopic (exact) mass is 232 g/mol. The molecule has 0 aromatic carbocycles. The molecule has 0 saturated carbocycles. The van der Waals surface area contributed by atoms with Gasteiger partial charge in [0.15, 0.2) is 0 Å². The summed E-state index contributed by atoms with van der Waals surface area (Å²) in [5.74, 6) is -0.430. The number of thioether (sulfide) groups is 1. The van der Waals surface area contributed by atoms with Crippen LogP contribution in [0.4, 0.5) is 0 Å². The Kier molecular flexibility index (Phi) is 3.20. The Hall–Kier alpha value is -0.300. The van der Waals surface area contributed by atoms with Crippen LogP contribution in [0.15, 0.2) is 0 Å². The van der Waals surface area contributed by atoms with Gasteiger partial charge in [0.1, 0.15) is 0 Å². The zero-order valence-corrected chi connectivity index (χ0v) is 9.29. The van der Waals surface area contributed by atoms with Crippen LogP contribution in [0.5, 0.6) is 0 Å². The van der Waals surface area contributed by atoms with Crippen molar-refractivity contribution in [1.29, 1.82) is 0 Å². The van der Waals surface area contributed by atoms with Crippen LogP contribution in [0.1, 0.15) is 12.8 Å². The zero-order valence-electron chi connectivity index (χ0n) is 8.48. The minimum absolute atomic E-state index is 0.0628. The SMILES string of the molecule is O=C1CC[C@@H](CN2CCSCC2(O)O)N1. The number of amides is 1. The molecule has 2 aliphatic rings. The molecule has 6 heteroatoms. The van der Waals surface area contributed by atoms with E-state index in [0.29, 0.717) is 25.3 Å². The zero-order chi connectivity index (χ0) is 10.9. The lowest BCUT2D eigenvalue weighted by atomic mass is 10.2. The van der Waals surface area contributed by atoms with Crippen LogP contribution in [-0.4, -0.2) is 57.6 Å². The van der Waals surface area contributed by atoms with Crippen molar-refractivity contribution in [3.05, 3.63) is 0 Å². The molecule has 15 heavy (non-hydrogen) atoms. The molecule has 5 nitrogen and oxygen atoms in total. The lowest BCUT2D eigenvalue weighted by Crippen LogP contribution is -2.57. The average Bonchev–Trinajstić information content (AvgIpc) is 2.55. The molecule has 0 spiro atoms. The van der Waals surface area contributed by atoms with Crippen molar-refractivity contribution in [3.8, 4) is 0 Å². The van der Waals surface area contributed by atoms with E-state index in [-0.39, 0.29) is 11.9 Å². The molecule has 0 unspecified atom stereocenters. The molecule has 2 heterocycles. The Morgan fingerprint density at radius 1 is 1.60 bits per heavy atom. The maximum absolute atomic E-state index is 11.0. The van der Waals surface area contributed by atoms with E-state index in [4.69, 9.17) is 0 Å². The maximum atomic E-state index is 11.0. The summed E-state index contributed by atoms with van der Waals surface area (Å²) in [6, 6.07) is 0.0688. The molecule has 0 aliphatic carbocycles. The smallest absolute Gasteiger partial charge is 0.234 e. The summed E-state index contributed by atoms with van der Waals surface area (Å²) in [7, 11) is 0. The van der Waals surface area contributed by atoms with Gasteiger partial charge in [0.2, 0.25) is 11.8 Å². The minimum atomic E-state index is -1.71. The fourth-order valence-electron chi connectivity index (χ4n) is 1.97. The van der Waals surface area contributed by atoms with Crippen molar-refractivity contribution < 1.29 is 15.0 Å².